The van der Waals surface area contributed by atoms with Gasteiger partial charge < -0.3 is 5.32 Å². The number of aromatic nitrogens is 4. The molecular formula is C18H22N6O. The van der Waals surface area contributed by atoms with Crippen LogP contribution in [0.4, 0.5) is 0 Å². The van der Waals surface area contributed by atoms with E-state index in [0.29, 0.717) is 17.8 Å². The molecule has 7 nitrogen and oxygen atoms in total. The molecule has 0 fully saturated rings. The number of carbonyl (C=O) groups excluding carboxylic acids is 1. The van der Waals surface area contributed by atoms with E-state index in [2.05, 4.69) is 39.1 Å². The number of hydrogen-bond donors (Lipinski definition) is 1. The van der Waals surface area contributed by atoms with Gasteiger partial charge in [-0.25, -0.2) is 9.50 Å². The van der Waals surface area contributed by atoms with Gasteiger partial charge in [-0.1, -0.05) is 13.8 Å². The molecule has 0 aliphatic carbocycles. The van der Waals surface area contributed by atoms with Crippen LogP contribution in [-0.4, -0.2) is 43.5 Å². The second-order valence-corrected chi connectivity index (χ2v) is 5.79. The lowest BCUT2D eigenvalue weighted by Gasteiger charge is -2.17. The number of amides is 1. The molecule has 0 bridgehead atoms. The first-order valence-corrected chi connectivity index (χ1v) is 8.43. The van der Waals surface area contributed by atoms with Crippen molar-refractivity contribution in [3.05, 3.63) is 59.8 Å². The molecule has 0 saturated carbocycles. The highest BCUT2D eigenvalue weighted by Crippen LogP contribution is 2.11. The second kappa shape index (κ2) is 7.85. The first kappa shape index (κ1) is 17.0. The molecule has 0 unspecified atom stereocenters. The fraction of sp³-hybridized carbons (Fsp3) is 0.333. The van der Waals surface area contributed by atoms with Crippen molar-refractivity contribution < 1.29 is 4.79 Å². The summed E-state index contributed by atoms with van der Waals surface area (Å²) in [5.41, 5.74) is 3.11. The summed E-state index contributed by atoms with van der Waals surface area (Å²) in [6.45, 7) is 7.49. The lowest BCUT2D eigenvalue weighted by Crippen LogP contribution is -2.23. The minimum absolute atomic E-state index is 0.184. The van der Waals surface area contributed by atoms with E-state index in [1.807, 2.05) is 24.5 Å². The van der Waals surface area contributed by atoms with Gasteiger partial charge in [-0.15, -0.1) is 0 Å². The molecule has 0 radical (unpaired) electrons. The molecular weight excluding hydrogens is 316 g/mol. The summed E-state index contributed by atoms with van der Waals surface area (Å²) in [4.78, 5) is 23.1. The maximum Gasteiger partial charge on any atom is 0.257 e. The van der Waals surface area contributed by atoms with Crippen molar-refractivity contribution in [2.75, 3.05) is 13.1 Å². The zero-order valence-corrected chi connectivity index (χ0v) is 14.5. The van der Waals surface area contributed by atoms with Gasteiger partial charge >= 0.3 is 0 Å². The number of pyridine rings is 1. The van der Waals surface area contributed by atoms with Gasteiger partial charge in [-0.3, -0.25) is 14.7 Å². The highest BCUT2D eigenvalue weighted by molar-refractivity contribution is 5.99. The van der Waals surface area contributed by atoms with Crippen LogP contribution in [0.1, 0.15) is 35.3 Å². The van der Waals surface area contributed by atoms with Crippen LogP contribution in [0.25, 0.3) is 5.65 Å². The zero-order valence-electron chi connectivity index (χ0n) is 14.5. The van der Waals surface area contributed by atoms with E-state index in [4.69, 9.17) is 0 Å². The number of nitrogens with one attached hydrogen (secondary N) is 1. The molecule has 0 aliphatic heterocycles. The van der Waals surface area contributed by atoms with E-state index in [-0.39, 0.29) is 5.91 Å². The minimum Gasteiger partial charge on any atom is -0.348 e. The summed E-state index contributed by atoms with van der Waals surface area (Å²) in [6.07, 6.45) is 8.71. The summed E-state index contributed by atoms with van der Waals surface area (Å²) >= 11 is 0. The standard InChI is InChI=1S/C18H22N6O/c1-3-23(4-2)12-15-10-20-17-16(11-22-24(17)13-15)18(25)21-9-14-5-7-19-8-6-14/h5-8,10-11,13H,3-4,9,12H2,1-2H3,(H,21,25). The Hall–Kier alpha value is -2.80. The van der Waals surface area contributed by atoms with Gasteiger partial charge in [0.05, 0.1) is 6.20 Å². The largest absolute Gasteiger partial charge is 0.348 e. The highest BCUT2D eigenvalue weighted by atomic mass is 16.1. The normalized spacial score (nSPS) is 11.2. The van der Waals surface area contributed by atoms with Crippen molar-refractivity contribution >= 4 is 11.6 Å². The average molecular weight is 338 g/mol. The summed E-state index contributed by atoms with van der Waals surface area (Å²) in [5, 5.41) is 7.17. The average Bonchev–Trinajstić information content (AvgIpc) is 3.08. The molecule has 0 atom stereocenters. The van der Waals surface area contributed by atoms with E-state index < -0.39 is 0 Å². The first-order chi connectivity index (χ1) is 12.2. The molecule has 0 aromatic carbocycles. The molecule has 3 rings (SSSR count). The topological polar surface area (TPSA) is 75.4 Å². The Bertz CT molecular complexity index is 841. The molecule has 3 aromatic rings. The van der Waals surface area contributed by atoms with Crippen molar-refractivity contribution in [2.45, 2.75) is 26.9 Å². The number of fused-ring (bicyclic) bond motifs is 1. The first-order valence-electron chi connectivity index (χ1n) is 8.43. The van der Waals surface area contributed by atoms with Crippen LogP contribution in [0, 0.1) is 0 Å². The zero-order chi connectivity index (χ0) is 17.6. The molecule has 0 saturated heterocycles. The molecule has 130 valence electrons. The van der Waals surface area contributed by atoms with Gasteiger partial charge in [-0.05, 0) is 30.8 Å². The Morgan fingerprint density at radius 3 is 2.64 bits per heavy atom. The molecule has 1 N–H and O–H groups in total. The third-order valence-corrected chi connectivity index (χ3v) is 4.16. The number of hydrogen-bond acceptors (Lipinski definition) is 5. The Morgan fingerprint density at radius 1 is 1.16 bits per heavy atom. The molecule has 3 heterocycles. The van der Waals surface area contributed by atoms with Crippen molar-refractivity contribution in [1.29, 1.82) is 0 Å². The minimum atomic E-state index is -0.184. The van der Waals surface area contributed by atoms with Crippen molar-refractivity contribution in [3.8, 4) is 0 Å². The van der Waals surface area contributed by atoms with Gasteiger partial charge in [0.2, 0.25) is 0 Å². The third kappa shape index (κ3) is 4.00. The van der Waals surface area contributed by atoms with Crippen molar-refractivity contribution in [1.82, 2.24) is 29.8 Å². The van der Waals surface area contributed by atoms with Gasteiger partial charge in [-0.2, -0.15) is 5.10 Å². The predicted molar refractivity (Wildman–Crippen MR) is 95.0 cm³/mol. The summed E-state index contributed by atoms with van der Waals surface area (Å²) in [5.74, 6) is -0.184. The summed E-state index contributed by atoms with van der Waals surface area (Å²) in [6, 6.07) is 3.74. The molecule has 0 spiro atoms. The van der Waals surface area contributed by atoms with Crippen LogP contribution < -0.4 is 5.32 Å². The van der Waals surface area contributed by atoms with E-state index in [0.717, 1.165) is 30.8 Å². The van der Waals surface area contributed by atoms with E-state index in [9.17, 15) is 4.79 Å². The fourth-order valence-electron chi connectivity index (χ4n) is 2.64. The predicted octanol–water partition coefficient (Wildman–Crippen LogP) is 1.90. The fourth-order valence-corrected chi connectivity index (χ4v) is 2.64. The van der Waals surface area contributed by atoms with Crippen LogP contribution in [0.15, 0.2) is 43.1 Å². The Balaban J connectivity index is 1.73. The number of carbonyl (C=O) groups is 1. The van der Waals surface area contributed by atoms with E-state index >= 15 is 0 Å². The van der Waals surface area contributed by atoms with Crippen LogP contribution in [-0.2, 0) is 13.1 Å². The van der Waals surface area contributed by atoms with E-state index in [1.165, 1.54) is 0 Å². The Kier molecular flexibility index (Phi) is 5.35. The SMILES string of the molecule is CCN(CC)Cc1cnc2c(C(=O)NCc3ccncc3)cnn2c1. The molecule has 7 heteroatoms. The number of nitrogens with zero attached hydrogens (tertiary/aromatic N) is 5. The van der Waals surface area contributed by atoms with Crippen molar-refractivity contribution in [3.63, 3.8) is 0 Å². The quantitative estimate of drug-likeness (QED) is 0.712. The maximum absolute atomic E-state index is 12.4. The van der Waals surface area contributed by atoms with E-state index in [1.54, 1.807) is 23.1 Å². The third-order valence-electron chi connectivity index (χ3n) is 4.16. The van der Waals surface area contributed by atoms with Crippen LogP contribution in [0.3, 0.4) is 0 Å². The monoisotopic (exact) mass is 338 g/mol. The smallest absolute Gasteiger partial charge is 0.257 e. The van der Waals surface area contributed by atoms with Crippen LogP contribution >= 0.6 is 0 Å². The van der Waals surface area contributed by atoms with Crippen LogP contribution in [0.5, 0.6) is 0 Å². The second-order valence-electron chi connectivity index (χ2n) is 5.79. The molecule has 1 amide bonds. The van der Waals surface area contributed by atoms with Gasteiger partial charge in [0.1, 0.15) is 5.56 Å². The van der Waals surface area contributed by atoms with Gasteiger partial charge in [0.15, 0.2) is 5.65 Å². The highest BCUT2D eigenvalue weighted by Gasteiger charge is 2.14. The summed E-state index contributed by atoms with van der Waals surface area (Å²) < 4.78 is 1.67. The summed E-state index contributed by atoms with van der Waals surface area (Å²) in [7, 11) is 0. The maximum atomic E-state index is 12.4. The molecule has 0 aliphatic rings. The van der Waals surface area contributed by atoms with Crippen LogP contribution in [0.2, 0.25) is 0 Å². The Labute approximate surface area is 146 Å². The van der Waals surface area contributed by atoms with Gasteiger partial charge in [0, 0.05) is 43.4 Å². The lowest BCUT2D eigenvalue weighted by molar-refractivity contribution is 0.0952. The van der Waals surface area contributed by atoms with Crippen molar-refractivity contribution in [2.24, 2.45) is 0 Å². The lowest BCUT2D eigenvalue weighted by atomic mass is 10.2. The van der Waals surface area contributed by atoms with Gasteiger partial charge in [0.25, 0.3) is 5.91 Å². The number of rotatable bonds is 7. The Morgan fingerprint density at radius 2 is 1.92 bits per heavy atom. The molecule has 3 aromatic heterocycles. The molecule has 25 heavy (non-hydrogen) atoms.